The maximum absolute atomic E-state index is 4.55. The maximum atomic E-state index is 4.55. The largest absolute Gasteiger partial charge is 0.314 e. The molecule has 0 amide bonds. The van der Waals surface area contributed by atoms with Crippen molar-refractivity contribution in [2.75, 3.05) is 6.54 Å². The smallest absolute Gasteiger partial charge is 0.0766 e. The highest BCUT2D eigenvalue weighted by Crippen LogP contribution is 2.24. The van der Waals surface area contributed by atoms with E-state index in [0.717, 1.165) is 25.1 Å². The fourth-order valence-electron chi connectivity index (χ4n) is 2.10. The second-order valence-electron chi connectivity index (χ2n) is 5.11. The summed E-state index contributed by atoms with van der Waals surface area (Å²) in [5.74, 6) is 0.605. The van der Waals surface area contributed by atoms with E-state index >= 15 is 0 Å². The van der Waals surface area contributed by atoms with Crippen LogP contribution < -0.4 is 5.32 Å². The Morgan fingerprint density at radius 1 is 1.33 bits per heavy atom. The van der Waals surface area contributed by atoms with Crippen molar-refractivity contribution in [1.29, 1.82) is 0 Å². The summed E-state index contributed by atoms with van der Waals surface area (Å²) in [6.45, 7) is 10.0. The van der Waals surface area contributed by atoms with Gasteiger partial charge in [0.1, 0.15) is 0 Å². The number of hydrogen-bond acceptors (Lipinski definition) is 2. The van der Waals surface area contributed by atoms with Crippen molar-refractivity contribution in [3.8, 4) is 0 Å². The summed E-state index contributed by atoms with van der Waals surface area (Å²) in [4.78, 5) is 0. The highest BCUT2D eigenvalue weighted by atomic mass is 79.9. The molecule has 0 spiro atoms. The van der Waals surface area contributed by atoms with Crippen LogP contribution in [0.2, 0.25) is 0 Å². The molecule has 0 radical (unpaired) electrons. The molecule has 0 aliphatic rings. The van der Waals surface area contributed by atoms with Crippen LogP contribution in [0.5, 0.6) is 0 Å². The lowest BCUT2D eigenvalue weighted by molar-refractivity contribution is 0.391. The summed E-state index contributed by atoms with van der Waals surface area (Å²) < 4.78 is 3.22. The SMILES string of the molecule is CCCNC(C)C(C)Cc1c(Br)c(CC)nn1C. The van der Waals surface area contributed by atoms with Crippen molar-refractivity contribution in [2.45, 2.75) is 53.0 Å². The lowest BCUT2D eigenvalue weighted by Gasteiger charge is -2.21. The molecule has 1 N–H and O–H groups in total. The minimum Gasteiger partial charge on any atom is -0.314 e. The van der Waals surface area contributed by atoms with Gasteiger partial charge >= 0.3 is 0 Å². The van der Waals surface area contributed by atoms with Crippen molar-refractivity contribution in [2.24, 2.45) is 13.0 Å². The molecule has 1 aromatic heterocycles. The van der Waals surface area contributed by atoms with Crippen LogP contribution in [0.4, 0.5) is 0 Å². The van der Waals surface area contributed by atoms with Gasteiger partial charge in [-0.3, -0.25) is 4.68 Å². The molecule has 2 atom stereocenters. The Labute approximate surface area is 119 Å². The molecular weight excluding hydrogens is 290 g/mol. The van der Waals surface area contributed by atoms with E-state index < -0.39 is 0 Å². The first-order valence-corrected chi connectivity index (χ1v) is 7.74. The van der Waals surface area contributed by atoms with Gasteiger partial charge in [-0.2, -0.15) is 5.10 Å². The number of aryl methyl sites for hydroxylation is 2. The number of nitrogens with zero attached hydrogens (tertiary/aromatic N) is 2. The zero-order chi connectivity index (χ0) is 13.7. The van der Waals surface area contributed by atoms with Gasteiger partial charge in [-0.15, -0.1) is 0 Å². The third kappa shape index (κ3) is 3.82. The number of nitrogens with one attached hydrogen (secondary N) is 1. The average molecular weight is 316 g/mol. The molecule has 0 aliphatic heterocycles. The van der Waals surface area contributed by atoms with Crippen LogP contribution in [0.3, 0.4) is 0 Å². The van der Waals surface area contributed by atoms with E-state index in [0.29, 0.717) is 12.0 Å². The molecule has 104 valence electrons. The van der Waals surface area contributed by atoms with Crippen LogP contribution in [0.1, 0.15) is 45.5 Å². The van der Waals surface area contributed by atoms with Crippen LogP contribution in [-0.4, -0.2) is 22.4 Å². The number of aromatic nitrogens is 2. The van der Waals surface area contributed by atoms with Crippen molar-refractivity contribution < 1.29 is 0 Å². The Balaban J connectivity index is 2.69. The Kier molecular flexibility index (Phi) is 6.36. The fraction of sp³-hybridized carbons (Fsp3) is 0.786. The lowest BCUT2D eigenvalue weighted by Crippen LogP contribution is -2.34. The van der Waals surface area contributed by atoms with Crippen LogP contribution in [-0.2, 0) is 19.9 Å². The lowest BCUT2D eigenvalue weighted by atomic mass is 9.97. The van der Waals surface area contributed by atoms with Gasteiger partial charge in [0.2, 0.25) is 0 Å². The minimum absolute atomic E-state index is 0.539. The van der Waals surface area contributed by atoms with Crippen LogP contribution >= 0.6 is 15.9 Å². The monoisotopic (exact) mass is 315 g/mol. The van der Waals surface area contributed by atoms with Crippen LogP contribution in [0.15, 0.2) is 4.47 Å². The summed E-state index contributed by atoms with van der Waals surface area (Å²) in [5, 5.41) is 8.12. The summed E-state index contributed by atoms with van der Waals surface area (Å²) in [5.41, 5.74) is 2.47. The zero-order valence-corrected chi connectivity index (χ0v) is 13.8. The average Bonchev–Trinajstić information content (AvgIpc) is 2.63. The van der Waals surface area contributed by atoms with Crippen LogP contribution in [0, 0.1) is 5.92 Å². The molecule has 0 aromatic carbocycles. The molecule has 1 rings (SSSR count). The first-order chi connectivity index (χ1) is 8.51. The van der Waals surface area contributed by atoms with Crippen molar-refractivity contribution in [3.05, 3.63) is 15.9 Å². The second kappa shape index (κ2) is 7.29. The number of hydrogen-bond donors (Lipinski definition) is 1. The Morgan fingerprint density at radius 2 is 2.00 bits per heavy atom. The molecule has 18 heavy (non-hydrogen) atoms. The van der Waals surface area contributed by atoms with E-state index in [1.807, 2.05) is 11.7 Å². The molecule has 0 bridgehead atoms. The normalized spacial score (nSPS) is 14.8. The van der Waals surface area contributed by atoms with Gasteiger partial charge in [0.15, 0.2) is 0 Å². The van der Waals surface area contributed by atoms with Gasteiger partial charge < -0.3 is 5.32 Å². The van der Waals surface area contributed by atoms with Gasteiger partial charge in [-0.05, 0) is 54.6 Å². The predicted molar refractivity (Wildman–Crippen MR) is 80.9 cm³/mol. The van der Waals surface area contributed by atoms with Gasteiger partial charge in [-0.25, -0.2) is 0 Å². The molecule has 2 unspecified atom stereocenters. The summed E-state index contributed by atoms with van der Waals surface area (Å²) in [7, 11) is 2.04. The number of rotatable bonds is 7. The molecule has 0 aliphatic carbocycles. The molecule has 1 heterocycles. The molecule has 4 heteroatoms. The minimum atomic E-state index is 0.539. The van der Waals surface area contributed by atoms with Crippen molar-refractivity contribution in [3.63, 3.8) is 0 Å². The summed E-state index contributed by atoms with van der Waals surface area (Å²) in [6.07, 6.45) is 3.22. The standard InChI is InChI=1S/C14H26BrN3/c1-6-8-16-11(4)10(3)9-13-14(15)12(7-2)17-18(13)5/h10-11,16H,6-9H2,1-5H3. The second-order valence-corrected chi connectivity index (χ2v) is 5.90. The summed E-state index contributed by atoms with van der Waals surface area (Å²) in [6, 6.07) is 0.539. The molecular formula is C14H26BrN3. The van der Waals surface area contributed by atoms with Gasteiger partial charge in [0.05, 0.1) is 15.9 Å². The fourth-order valence-corrected chi connectivity index (χ4v) is 2.87. The molecule has 3 nitrogen and oxygen atoms in total. The van der Waals surface area contributed by atoms with Crippen molar-refractivity contribution in [1.82, 2.24) is 15.1 Å². The van der Waals surface area contributed by atoms with E-state index in [9.17, 15) is 0 Å². The number of halogens is 1. The Hall–Kier alpha value is -0.350. The van der Waals surface area contributed by atoms with E-state index in [1.54, 1.807) is 0 Å². The highest BCUT2D eigenvalue weighted by Gasteiger charge is 2.18. The summed E-state index contributed by atoms with van der Waals surface area (Å²) >= 11 is 3.69. The molecule has 0 saturated heterocycles. The Bertz CT molecular complexity index is 373. The van der Waals surface area contributed by atoms with Crippen LogP contribution in [0.25, 0.3) is 0 Å². The van der Waals surface area contributed by atoms with E-state index in [1.165, 1.54) is 16.6 Å². The van der Waals surface area contributed by atoms with E-state index in [-0.39, 0.29) is 0 Å². The maximum Gasteiger partial charge on any atom is 0.0766 e. The van der Waals surface area contributed by atoms with Gasteiger partial charge in [0, 0.05) is 13.1 Å². The highest BCUT2D eigenvalue weighted by molar-refractivity contribution is 9.10. The van der Waals surface area contributed by atoms with Gasteiger partial charge in [-0.1, -0.05) is 20.8 Å². The molecule has 0 fully saturated rings. The quantitative estimate of drug-likeness (QED) is 0.836. The third-order valence-electron chi connectivity index (χ3n) is 3.59. The zero-order valence-electron chi connectivity index (χ0n) is 12.3. The predicted octanol–water partition coefficient (Wildman–Crippen LogP) is 3.31. The first-order valence-electron chi connectivity index (χ1n) is 6.94. The molecule has 1 aromatic rings. The topological polar surface area (TPSA) is 29.9 Å². The van der Waals surface area contributed by atoms with E-state index in [4.69, 9.17) is 0 Å². The van der Waals surface area contributed by atoms with Gasteiger partial charge in [0.25, 0.3) is 0 Å². The third-order valence-corrected chi connectivity index (χ3v) is 4.50. The molecule has 0 saturated carbocycles. The first kappa shape index (κ1) is 15.7. The van der Waals surface area contributed by atoms with Crippen molar-refractivity contribution >= 4 is 15.9 Å². The van der Waals surface area contributed by atoms with E-state index in [2.05, 4.69) is 54.0 Å². The Morgan fingerprint density at radius 3 is 2.50 bits per heavy atom.